The topological polar surface area (TPSA) is 35.2 Å². The normalized spacial score (nSPS) is 14.3. The fourth-order valence-electron chi connectivity index (χ4n) is 0.434. The van der Waals surface area contributed by atoms with Crippen LogP contribution in [0.25, 0.3) is 0 Å². The first-order valence-corrected chi connectivity index (χ1v) is 6.32. The van der Waals surface area contributed by atoms with E-state index in [0.29, 0.717) is 0 Å². The average Bonchev–Trinajstić information content (AvgIpc) is 1.83. The molecule has 0 aromatic carbocycles. The monoisotopic (exact) mass is 147 g/mol. The van der Waals surface area contributed by atoms with E-state index in [2.05, 4.69) is 20.0 Å². The van der Waals surface area contributed by atoms with Gasteiger partial charge in [0.1, 0.15) is 0 Å². The Balaban J connectivity index is 3.06. The van der Waals surface area contributed by atoms with E-state index >= 15 is 0 Å². The Bertz CT molecular complexity index is 68.1. The molecule has 0 bridgehead atoms. The van der Waals surface area contributed by atoms with Crippen LogP contribution in [0.3, 0.4) is 0 Å². The van der Waals surface area contributed by atoms with E-state index < -0.39 is 9.04 Å². The van der Waals surface area contributed by atoms with Crippen molar-refractivity contribution >= 4 is 9.04 Å². The number of rotatable bonds is 4. The molecule has 0 heterocycles. The highest BCUT2D eigenvalue weighted by Gasteiger charge is 2.00. The Morgan fingerprint density at radius 1 is 1.56 bits per heavy atom. The van der Waals surface area contributed by atoms with E-state index in [9.17, 15) is 0 Å². The second-order valence-corrected chi connectivity index (χ2v) is 4.98. The minimum atomic E-state index is -0.821. The van der Waals surface area contributed by atoms with E-state index in [-0.39, 0.29) is 6.04 Å². The molecule has 0 aromatic rings. The zero-order valence-corrected chi connectivity index (χ0v) is 7.71. The van der Waals surface area contributed by atoms with Crippen LogP contribution < -0.4 is 5.73 Å². The molecule has 0 spiro atoms. The summed E-state index contributed by atoms with van der Waals surface area (Å²) in [6.07, 6.45) is 1.02. The molecule has 0 aliphatic carbocycles. The zero-order valence-electron chi connectivity index (χ0n) is 6.55. The van der Waals surface area contributed by atoms with Gasteiger partial charge in [-0.1, -0.05) is 6.92 Å². The van der Waals surface area contributed by atoms with Gasteiger partial charge in [0, 0.05) is 12.6 Å². The molecule has 0 aliphatic heterocycles. The van der Waals surface area contributed by atoms with Gasteiger partial charge in [0.25, 0.3) is 0 Å². The quantitative estimate of drug-likeness (QED) is 0.595. The molecule has 56 valence electrons. The number of hydrogen-bond acceptors (Lipinski definition) is 2. The van der Waals surface area contributed by atoms with E-state index in [4.69, 9.17) is 10.2 Å². The second kappa shape index (κ2) is 4.96. The van der Waals surface area contributed by atoms with Crippen LogP contribution in [-0.4, -0.2) is 21.7 Å². The van der Waals surface area contributed by atoms with Gasteiger partial charge in [0.05, 0.1) is 0 Å². The summed E-state index contributed by atoms with van der Waals surface area (Å²) in [6.45, 7) is 7.14. The van der Waals surface area contributed by atoms with Crippen molar-refractivity contribution in [2.45, 2.75) is 32.5 Å². The van der Waals surface area contributed by atoms with Gasteiger partial charge in [-0.05, 0) is 19.5 Å². The second-order valence-electron chi connectivity index (χ2n) is 2.55. The molecule has 0 saturated heterocycles. The van der Waals surface area contributed by atoms with Gasteiger partial charge in [0.15, 0.2) is 9.04 Å². The van der Waals surface area contributed by atoms with Crippen molar-refractivity contribution in [2.24, 2.45) is 5.73 Å². The van der Waals surface area contributed by atoms with Gasteiger partial charge in [-0.3, -0.25) is 0 Å². The van der Waals surface area contributed by atoms with Crippen molar-refractivity contribution in [2.75, 3.05) is 6.61 Å². The standard InChI is InChI=1S/C6H17NOSi/c1-4-6(7)5-8-9(2)3/h6,9H,4-5,7H2,1-3H3. The molecule has 2 N–H and O–H groups in total. The van der Waals surface area contributed by atoms with Gasteiger partial charge in [-0.15, -0.1) is 0 Å². The Kier molecular flexibility index (Phi) is 5.04. The predicted octanol–water partition coefficient (Wildman–Crippen LogP) is 0.724. The van der Waals surface area contributed by atoms with Crippen molar-refractivity contribution in [3.05, 3.63) is 0 Å². The first-order valence-electron chi connectivity index (χ1n) is 3.54. The molecule has 2 nitrogen and oxygen atoms in total. The lowest BCUT2D eigenvalue weighted by Crippen LogP contribution is -2.27. The van der Waals surface area contributed by atoms with Gasteiger partial charge < -0.3 is 10.2 Å². The molecule has 0 aromatic heterocycles. The molecule has 0 radical (unpaired) electrons. The van der Waals surface area contributed by atoms with Gasteiger partial charge in [0.2, 0.25) is 0 Å². The maximum Gasteiger partial charge on any atom is 0.170 e. The van der Waals surface area contributed by atoms with Gasteiger partial charge in [-0.25, -0.2) is 0 Å². The van der Waals surface area contributed by atoms with Crippen LogP contribution in [-0.2, 0) is 4.43 Å². The third-order valence-corrected chi connectivity index (χ3v) is 2.03. The summed E-state index contributed by atoms with van der Waals surface area (Å²) in [7, 11) is -0.821. The number of nitrogens with two attached hydrogens (primary N) is 1. The SMILES string of the molecule is CCC(N)CO[SiH](C)C. The van der Waals surface area contributed by atoms with E-state index in [1.54, 1.807) is 0 Å². The summed E-state index contributed by atoms with van der Waals surface area (Å²) < 4.78 is 5.41. The molecular weight excluding hydrogens is 130 g/mol. The number of hydrogen-bond donors (Lipinski definition) is 1. The summed E-state index contributed by atoms with van der Waals surface area (Å²) in [5.74, 6) is 0. The van der Waals surface area contributed by atoms with Crippen LogP contribution >= 0.6 is 0 Å². The third-order valence-electron chi connectivity index (χ3n) is 1.17. The lowest BCUT2D eigenvalue weighted by molar-refractivity contribution is 0.291. The maximum atomic E-state index is 5.62. The van der Waals surface area contributed by atoms with Crippen molar-refractivity contribution in [3.8, 4) is 0 Å². The lowest BCUT2D eigenvalue weighted by atomic mass is 10.3. The average molecular weight is 147 g/mol. The minimum Gasteiger partial charge on any atom is -0.419 e. The Hall–Kier alpha value is 0.137. The molecule has 0 aliphatic rings. The molecule has 1 atom stereocenters. The van der Waals surface area contributed by atoms with Gasteiger partial charge >= 0.3 is 0 Å². The lowest BCUT2D eigenvalue weighted by Gasteiger charge is -2.10. The van der Waals surface area contributed by atoms with E-state index in [1.165, 1.54) is 0 Å². The Morgan fingerprint density at radius 3 is 2.44 bits per heavy atom. The summed E-state index contributed by atoms with van der Waals surface area (Å²) in [5.41, 5.74) is 5.62. The summed E-state index contributed by atoms with van der Waals surface area (Å²) >= 11 is 0. The first kappa shape index (κ1) is 9.14. The predicted molar refractivity (Wildman–Crippen MR) is 43.1 cm³/mol. The highest BCUT2D eigenvalue weighted by Crippen LogP contribution is 1.89. The third kappa shape index (κ3) is 6.02. The molecule has 9 heavy (non-hydrogen) atoms. The minimum absolute atomic E-state index is 0.250. The highest BCUT2D eigenvalue weighted by molar-refractivity contribution is 6.48. The van der Waals surface area contributed by atoms with Crippen LogP contribution in [0, 0.1) is 0 Å². The van der Waals surface area contributed by atoms with Crippen LogP contribution in [0.2, 0.25) is 13.1 Å². The Morgan fingerprint density at radius 2 is 2.11 bits per heavy atom. The summed E-state index contributed by atoms with van der Waals surface area (Å²) in [6, 6.07) is 0.250. The first-order chi connectivity index (χ1) is 4.16. The molecule has 0 rings (SSSR count). The van der Waals surface area contributed by atoms with Crippen molar-refractivity contribution in [3.63, 3.8) is 0 Å². The fourth-order valence-corrected chi connectivity index (χ4v) is 1.07. The molecule has 0 fully saturated rings. The largest absolute Gasteiger partial charge is 0.419 e. The van der Waals surface area contributed by atoms with E-state index in [0.717, 1.165) is 13.0 Å². The van der Waals surface area contributed by atoms with Gasteiger partial charge in [-0.2, -0.15) is 0 Å². The smallest absolute Gasteiger partial charge is 0.170 e. The summed E-state index contributed by atoms with van der Waals surface area (Å²) in [5, 5.41) is 0. The van der Waals surface area contributed by atoms with Crippen molar-refractivity contribution in [1.29, 1.82) is 0 Å². The maximum absolute atomic E-state index is 5.62. The molecule has 0 amide bonds. The van der Waals surface area contributed by atoms with E-state index in [1.807, 2.05) is 0 Å². The molecule has 1 unspecified atom stereocenters. The van der Waals surface area contributed by atoms with Crippen LogP contribution in [0.4, 0.5) is 0 Å². The van der Waals surface area contributed by atoms with Crippen LogP contribution in [0.1, 0.15) is 13.3 Å². The molecule has 3 heteroatoms. The highest BCUT2D eigenvalue weighted by atomic mass is 28.3. The van der Waals surface area contributed by atoms with Crippen molar-refractivity contribution < 1.29 is 4.43 Å². The van der Waals surface area contributed by atoms with Crippen molar-refractivity contribution in [1.82, 2.24) is 0 Å². The summed E-state index contributed by atoms with van der Waals surface area (Å²) in [4.78, 5) is 0. The van der Waals surface area contributed by atoms with Crippen LogP contribution in [0.15, 0.2) is 0 Å². The molecular formula is C6H17NOSi. The fraction of sp³-hybridized carbons (Fsp3) is 1.00. The Labute approximate surface area is 59.1 Å². The van der Waals surface area contributed by atoms with Crippen LogP contribution in [0.5, 0.6) is 0 Å². The molecule has 0 saturated carbocycles. The zero-order chi connectivity index (χ0) is 7.28.